The first kappa shape index (κ1) is 11.5. The van der Waals surface area contributed by atoms with Gasteiger partial charge in [0, 0.05) is 39.5 Å². The normalized spacial score (nSPS) is 19.9. The third kappa shape index (κ3) is 3.01. The van der Waals surface area contributed by atoms with Gasteiger partial charge < -0.3 is 19.7 Å². The zero-order valence-electron chi connectivity index (χ0n) is 9.40. The standard InChI is InChI=1S/C10H17N3O3/c1-8-12-9(13-16-8)6-11-7-10(14)2-4-15-5-3-10/h11,14H,2-7H2,1H3. The first-order valence-electron chi connectivity index (χ1n) is 5.48. The van der Waals surface area contributed by atoms with Gasteiger partial charge in [0.1, 0.15) is 0 Å². The molecule has 2 N–H and O–H groups in total. The average molecular weight is 227 g/mol. The number of hydrogen-bond donors (Lipinski definition) is 2. The molecular formula is C10H17N3O3. The second kappa shape index (κ2) is 4.90. The average Bonchev–Trinajstić information content (AvgIpc) is 2.65. The first-order chi connectivity index (χ1) is 7.68. The van der Waals surface area contributed by atoms with Crippen LogP contribution in [0.15, 0.2) is 4.52 Å². The summed E-state index contributed by atoms with van der Waals surface area (Å²) in [5.41, 5.74) is -0.656. The lowest BCUT2D eigenvalue weighted by molar-refractivity contribution is -0.0617. The molecule has 0 amide bonds. The van der Waals surface area contributed by atoms with Crippen molar-refractivity contribution in [1.82, 2.24) is 15.5 Å². The minimum absolute atomic E-state index is 0.514. The second-order valence-corrected chi connectivity index (χ2v) is 4.17. The molecule has 2 heterocycles. The van der Waals surface area contributed by atoms with Crippen LogP contribution in [0.4, 0.5) is 0 Å². The smallest absolute Gasteiger partial charge is 0.223 e. The first-order valence-corrected chi connectivity index (χ1v) is 5.48. The molecule has 0 radical (unpaired) electrons. The molecule has 1 aromatic heterocycles. The van der Waals surface area contributed by atoms with Gasteiger partial charge in [0.25, 0.3) is 0 Å². The lowest BCUT2D eigenvalue weighted by Gasteiger charge is -2.32. The summed E-state index contributed by atoms with van der Waals surface area (Å²) in [6.07, 6.45) is 1.34. The summed E-state index contributed by atoms with van der Waals surface area (Å²) >= 11 is 0. The lowest BCUT2D eigenvalue weighted by Crippen LogP contribution is -2.44. The van der Waals surface area contributed by atoms with Crippen LogP contribution in [0.2, 0.25) is 0 Å². The number of rotatable bonds is 4. The molecule has 0 unspecified atom stereocenters. The van der Waals surface area contributed by atoms with Crippen LogP contribution in [0.1, 0.15) is 24.6 Å². The molecule has 6 nitrogen and oxygen atoms in total. The highest BCUT2D eigenvalue weighted by Gasteiger charge is 2.29. The summed E-state index contributed by atoms with van der Waals surface area (Å²) in [5, 5.41) is 17.0. The molecular weight excluding hydrogens is 210 g/mol. The molecule has 0 atom stereocenters. The Kier molecular flexibility index (Phi) is 3.52. The van der Waals surface area contributed by atoms with Gasteiger partial charge in [-0.25, -0.2) is 0 Å². The topological polar surface area (TPSA) is 80.4 Å². The van der Waals surface area contributed by atoms with Gasteiger partial charge in [-0.05, 0) is 0 Å². The number of aromatic nitrogens is 2. The van der Waals surface area contributed by atoms with Crippen LogP contribution in [-0.4, -0.2) is 40.6 Å². The molecule has 0 bridgehead atoms. The molecule has 6 heteroatoms. The van der Waals surface area contributed by atoms with E-state index < -0.39 is 5.60 Å². The fourth-order valence-electron chi connectivity index (χ4n) is 1.75. The summed E-state index contributed by atoms with van der Waals surface area (Å²) in [6.45, 7) is 4.05. The van der Waals surface area contributed by atoms with Crippen molar-refractivity contribution in [3.63, 3.8) is 0 Å². The van der Waals surface area contributed by atoms with Gasteiger partial charge in [-0.15, -0.1) is 0 Å². The lowest BCUT2D eigenvalue weighted by atomic mass is 9.94. The molecule has 0 spiro atoms. The molecule has 1 saturated heterocycles. The molecule has 0 aromatic carbocycles. The van der Waals surface area contributed by atoms with E-state index in [1.807, 2.05) is 0 Å². The van der Waals surface area contributed by atoms with Crippen LogP contribution < -0.4 is 5.32 Å². The maximum Gasteiger partial charge on any atom is 0.223 e. The Labute approximate surface area is 94.0 Å². The Morgan fingerprint density at radius 1 is 1.44 bits per heavy atom. The molecule has 1 aliphatic heterocycles. The van der Waals surface area contributed by atoms with Crippen molar-refractivity contribution in [3.8, 4) is 0 Å². The van der Waals surface area contributed by atoms with Crippen LogP contribution in [0.5, 0.6) is 0 Å². The summed E-state index contributed by atoms with van der Waals surface area (Å²) in [7, 11) is 0. The number of hydrogen-bond acceptors (Lipinski definition) is 6. The van der Waals surface area contributed by atoms with E-state index in [1.165, 1.54) is 0 Å². The summed E-state index contributed by atoms with van der Waals surface area (Å²) < 4.78 is 10.1. The van der Waals surface area contributed by atoms with Gasteiger partial charge in [0.15, 0.2) is 5.82 Å². The number of aliphatic hydroxyl groups is 1. The van der Waals surface area contributed by atoms with Crippen LogP contribution in [-0.2, 0) is 11.3 Å². The Bertz CT molecular complexity index is 334. The largest absolute Gasteiger partial charge is 0.388 e. The summed E-state index contributed by atoms with van der Waals surface area (Å²) in [6, 6.07) is 0. The van der Waals surface area contributed by atoms with Gasteiger partial charge in [-0.2, -0.15) is 4.98 Å². The second-order valence-electron chi connectivity index (χ2n) is 4.17. The van der Waals surface area contributed by atoms with Gasteiger partial charge in [0.2, 0.25) is 5.89 Å². The zero-order valence-corrected chi connectivity index (χ0v) is 9.40. The fourth-order valence-corrected chi connectivity index (χ4v) is 1.75. The van der Waals surface area contributed by atoms with E-state index in [-0.39, 0.29) is 0 Å². The van der Waals surface area contributed by atoms with Crippen molar-refractivity contribution in [2.45, 2.75) is 31.9 Å². The number of ether oxygens (including phenoxy) is 1. The Morgan fingerprint density at radius 3 is 2.81 bits per heavy atom. The predicted octanol–water partition coefficient (Wildman–Crippen LogP) is 0.00912. The Balaban J connectivity index is 1.74. The van der Waals surface area contributed by atoms with E-state index in [9.17, 15) is 5.11 Å². The minimum Gasteiger partial charge on any atom is -0.388 e. The van der Waals surface area contributed by atoms with Gasteiger partial charge >= 0.3 is 0 Å². The molecule has 1 aliphatic rings. The molecule has 90 valence electrons. The highest BCUT2D eigenvalue weighted by molar-refractivity contribution is 4.87. The summed E-state index contributed by atoms with van der Waals surface area (Å²) in [4.78, 5) is 4.07. The SMILES string of the molecule is Cc1nc(CNCC2(O)CCOCC2)no1. The highest BCUT2D eigenvalue weighted by Crippen LogP contribution is 2.19. The molecule has 16 heavy (non-hydrogen) atoms. The maximum absolute atomic E-state index is 10.1. The van der Waals surface area contributed by atoms with Crippen LogP contribution in [0.3, 0.4) is 0 Å². The monoisotopic (exact) mass is 227 g/mol. The van der Waals surface area contributed by atoms with Gasteiger partial charge in [-0.3, -0.25) is 0 Å². The Morgan fingerprint density at radius 2 is 2.19 bits per heavy atom. The van der Waals surface area contributed by atoms with Crippen molar-refractivity contribution < 1.29 is 14.4 Å². The molecule has 1 aromatic rings. The van der Waals surface area contributed by atoms with Crippen molar-refractivity contribution in [1.29, 1.82) is 0 Å². The van der Waals surface area contributed by atoms with E-state index >= 15 is 0 Å². The van der Waals surface area contributed by atoms with Crippen molar-refractivity contribution in [3.05, 3.63) is 11.7 Å². The molecule has 0 saturated carbocycles. The quantitative estimate of drug-likeness (QED) is 0.754. The summed E-state index contributed by atoms with van der Waals surface area (Å²) in [5.74, 6) is 1.18. The number of nitrogens with zero attached hydrogens (tertiary/aromatic N) is 2. The van der Waals surface area contributed by atoms with Crippen molar-refractivity contribution in [2.75, 3.05) is 19.8 Å². The fraction of sp³-hybridized carbons (Fsp3) is 0.800. The highest BCUT2D eigenvalue weighted by atomic mass is 16.5. The van der Waals surface area contributed by atoms with Crippen LogP contribution in [0.25, 0.3) is 0 Å². The Hall–Kier alpha value is -0.980. The zero-order chi connectivity index (χ0) is 11.4. The third-order valence-corrected chi connectivity index (χ3v) is 2.73. The van der Waals surface area contributed by atoms with Gasteiger partial charge in [0.05, 0.1) is 12.1 Å². The van der Waals surface area contributed by atoms with Crippen molar-refractivity contribution in [2.24, 2.45) is 0 Å². The number of nitrogens with one attached hydrogen (secondary N) is 1. The third-order valence-electron chi connectivity index (χ3n) is 2.73. The predicted molar refractivity (Wildman–Crippen MR) is 55.7 cm³/mol. The minimum atomic E-state index is -0.656. The van der Waals surface area contributed by atoms with E-state index in [4.69, 9.17) is 9.26 Å². The molecule has 0 aliphatic carbocycles. The van der Waals surface area contributed by atoms with Crippen LogP contribution >= 0.6 is 0 Å². The van der Waals surface area contributed by atoms with E-state index in [2.05, 4.69) is 15.5 Å². The van der Waals surface area contributed by atoms with Crippen LogP contribution in [0, 0.1) is 6.92 Å². The molecule has 2 rings (SSSR count). The maximum atomic E-state index is 10.1. The van der Waals surface area contributed by atoms with E-state index in [0.717, 1.165) is 0 Å². The van der Waals surface area contributed by atoms with E-state index in [1.54, 1.807) is 6.92 Å². The van der Waals surface area contributed by atoms with Crippen molar-refractivity contribution >= 4 is 0 Å². The van der Waals surface area contributed by atoms with Gasteiger partial charge in [-0.1, -0.05) is 5.16 Å². The molecule has 1 fully saturated rings. The van der Waals surface area contributed by atoms with E-state index in [0.29, 0.717) is 50.9 Å². The number of aryl methyl sites for hydroxylation is 1.